The number of aryl methyl sites for hydroxylation is 1. The van der Waals surface area contributed by atoms with Gasteiger partial charge in [-0.25, -0.2) is 9.97 Å². The van der Waals surface area contributed by atoms with Crippen molar-refractivity contribution < 1.29 is 0 Å². The number of rotatable bonds is 2. The fourth-order valence-corrected chi connectivity index (χ4v) is 1.86. The quantitative estimate of drug-likeness (QED) is 0.859. The van der Waals surface area contributed by atoms with Gasteiger partial charge < -0.3 is 10.6 Å². The molecule has 0 amide bonds. The first-order valence-electron chi connectivity index (χ1n) is 5.22. The monoisotopic (exact) mass is 270 g/mol. The van der Waals surface area contributed by atoms with E-state index in [1.165, 1.54) is 0 Å². The molecule has 15 heavy (non-hydrogen) atoms. The van der Waals surface area contributed by atoms with Gasteiger partial charge >= 0.3 is 0 Å². The highest BCUT2D eigenvalue weighted by Gasteiger charge is 2.13. The third-order valence-corrected chi connectivity index (χ3v) is 3.37. The summed E-state index contributed by atoms with van der Waals surface area (Å²) in [5, 5.41) is 6.70. The van der Waals surface area contributed by atoms with E-state index < -0.39 is 0 Å². The van der Waals surface area contributed by atoms with Crippen LogP contribution in [0.15, 0.2) is 10.7 Å². The van der Waals surface area contributed by atoms with Gasteiger partial charge in [-0.2, -0.15) is 0 Å². The lowest BCUT2D eigenvalue weighted by molar-refractivity contribution is 0.477. The lowest BCUT2D eigenvalue weighted by atomic mass is 10.1. The zero-order chi connectivity index (χ0) is 10.7. The molecule has 1 aliphatic heterocycles. The summed E-state index contributed by atoms with van der Waals surface area (Å²) >= 11 is 3.39. The maximum absolute atomic E-state index is 4.38. The summed E-state index contributed by atoms with van der Waals surface area (Å²) in [7, 11) is 0. The van der Waals surface area contributed by atoms with Crippen LogP contribution in [0.5, 0.6) is 0 Å². The summed E-state index contributed by atoms with van der Waals surface area (Å²) in [5.74, 6) is 0.739. The number of nitrogens with one attached hydrogen (secondary N) is 2. The van der Waals surface area contributed by atoms with Gasteiger partial charge in [0.1, 0.15) is 0 Å². The first kappa shape index (κ1) is 10.8. The molecular formula is C10H15BrN4. The Balaban J connectivity index is 2.00. The summed E-state index contributed by atoms with van der Waals surface area (Å²) in [6, 6.07) is 0.506. The van der Waals surface area contributed by atoms with Gasteiger partial charge in [0.05, 0.1) is 10.2 Å². The number of halogens is 1. The Morgan fingerprint density at radius 2 is 2.20 bits per heavy atom. The summed E-state index contributed by atoms with van der Waals surface area (Å²) < 4.78 is 0.957. The second-order valence-electron chi connectivity index (χ2n) is 3.80. The third kappa shape index (κ3) is 2.89. The minimum Gasteiger partial charge on any atom is -0.351 e. The molecule has 1 aromatic heterocycles. The van der Waals surface area contributed by atoms with Crippen molar-refractivity contribution >= 4 is 21.9 Å². The van der Waals surface area contributed by atoms with Crippen LogP contribution < -0.4 is 10.6 Å². The Hall–Kier alpha value is -0.680. The van der Waals surface area contributed by atoms with Crippen LogP contribution in [0, 0.1) is 6.92 Å². The van der Waals surface area contributed by atoms with E-state index in [-0.39, 0.29) is 0 Å². The van der Waals surface area contributed by atoms with Gasteiger partial charge in [-0.3, -0.25) is 0 Å². The summed E-state index contributed by atoms with van der Waals surface area (Å²) in [6.07, 6.45) is 4.07. The average Bonchev–Trinajstić information content (AvgIpc) is 2.25. The van der Waals surface area contributed by atoms with Crippen molar-refractivity contribution in [1.82, 2.24) is 15.3 Å². The molecule has 2 rings (SSSR count). The Morgan fingerprint density at radius 3 is 2.87 bits per heavy atom. The van der Waals surface area contributed by atoms with E-state index in [0.717, 1.165) is 42.0 Å². The molecule has 0 radical (unpaired) electrons. The van der Waals surface area contributed by atoms with Gasteiger partial charge in [0.2, 0.25) is 5.95 Å². The molecule has 0 unspecified atom stereocenters. The fourth-order valence-electron chi connectivity index (χ4n) is 1.67. The third-order valence-electron chi connectivity index (χ3n) is 2.59. The van der Waals surface area contributed by atoms with E-state index in [1.54, 1.807) is 6.20 Å². The summed E-state index contributed by atoms with van der Waals surface area (Å²) in [5.41, 5.74) is 0.974. The Kier molecular flexibility index (Phi) is 3.53. The molecule has 1 fully saturated rings. The number of nitrogens with zero attached hydrogens (tertiary/aromatic N) is 2. The molecule has 0 atom stereocenters. The van der Waals surface area contributed by atoms with E-state index in [2.05, 4.69) is 36.5 Å². The van der Waals surface area contributed by atoms with Crippen LogP contribution in [0.25, 0.3) is 0 Å². The highest BCUT2D eigenvalue weighted by molar-refractivity contribution is 9.10. The maximum atomic E-state index is 4.38. The molecule has 2 N–H and O–H groups in total. The second kappa shape index (κ2) is 4.90. The van der Waals surface area contributed by atoms with Crippen LogP contribution in [-0.2, 0) is 0 Å². The minimum atomic E-state index is 0.506. The van der Waals surface area contributed by atoms with Gasteiger partial charge in [0.25, 0.3) is 0 Å². The van der Waals surface area contributed by atoms with E-state index in [1.807, 2.05) is 6.92 Å². The zero-order valence-electron chi connectivity index (χ0n) is 8.76. The van der Waals surface area contributed by atoms with Crippen molar-refractivity contribution in [3.63, 3.8) is 0 Å². The fraction of sp³-hybridized carbons (Fsp3) is 0.600. The van der Waals surface area contributed by atoms with E-state index in [0.29, 0.717) is 6.04 Å². The molecule has 0 aliphatic carbocycles. The molecule has 2 heterocycles. The molecule has 82 valence electrons. The first-order chi connectivity index (χ1) is 7.25. The number of piperidine rings is 1. The number of hydrogen-bond acceptors (Lipinski definition) is 4. The predicted molar refractivity (Wildman–Crippen MR) is 64.0 cm³/mol. The molecule has 1 aliphatic rings. The highest BCUT2D eigenvalue weighted by Crippen LogP contribution is 2.15. The Bertz CT molecular complexity index is 336. The van der Waals surface area contributed by atoms with E-state index in [4.69, 9.17) is 0 Å². The van der Waals surface area contributed by atoms with Crippen LogP contribution in [0.3, 0.4) is 0 Å². The van der Waals surface area contributed by atoms with Crippen molar-refractivity contribution in [3.8, 4) is 0 Å². The zero-order valence-corrected chi connectivity index (χ0v) is 10.3. The van der Waals surface area contributed by atoms with E-state index >= 15 is 0 Å². The standard InChI is InChI=1S/C10H15BrN4/c1-7-9(11)6-13-10(14-7)15-8-2-4-12-5-3-8/h6,8,12H,2-5H2,1H3,(H,13,14,15). The van der Waals surface area contributed by atoms with Crippen LogP contribution in [-0.4, -0.2) is 29.1 Å². The molecule has 1 saturated heterocycles. The van der Waals surface area contributed by atoms with Crippen molar-refractivity contribution in [1.29, 1.82) is 0 Å². The smallest absolute Gasteiger partial charge is 0.223 e. The second-order valence-corrected chi connectivity index (χ2v) is 4.65. The lowest BCUT2D eigenvalue weighted by Gasteiger charge is -2.23. The normalized spacial score (nSPS) is 17.7. The number of aromatic nitrogens is 2. The minimum absolute atomic E-state index is 0.506. The van der Waals surface area contributed by atoms with Gasteiger partial charge in [-0.1, -0.05) is 0 Å². The Morgan fingerprint density at radius 1 is 1.47 bits per heavy atom. The molecule has 5 heteroatoms. The topological polar surface area (TPSA) is 49.8 Å². The first-order valence-corrected chi connectivity index (χ1v) is 6.01. The van der Waals surface area contributed by atoms with Crippen molar-refractivity contribution in [2.24, 2.45) is 0 Å². The van der Waals surface area contributed by atoms with E-state index in [9.17, 15) is 0 Å². The van der Waals surface area contributed by atoms with Crippen LogP contribution in [0.1, 0.15) is 18.5 Å². The molecule has 0 aromatic carbocycles. The average molecular weight is 271 g/mol. The number of anilines is 1. The van der Waals surface area contributed by atoms with Crippen molar-refractivity contribution in [3.05, 3.63) is 16.4 Å². The van der Waals surface area contributed by atoms with Crippen LogP contribution in [0.4, 0.5) is 5.95 Å². The summed E-state index contributed by atoms with van der Waals surface area (Å²) in [4.78, 5) is 8.62. The largest absolute Gasteiger partial charge is 0.351 e. The molecule has 4 nitrogen and oxygen atoms in total. The van der Waals surface area contributed by atoms with Crippen LogP contribution in [0.2, 0.25) is 0 Å². The lowest BCUT2D eigenvalue weighted by Crippen LogP contribution is -2.35. The van der Waals surface area contributed by atoms with Gasteiger partial charge in [-0.05, 0) is 48.8 Å². The van der Waals surface area contributed by atoms with Gasteiger partial charge in [0.15, 0.2) is 0 Å². The van der Waals surface area contributed by atoms with Gasteiger partial charge in [0, 0.05) is 12.2 Å². The molecule has 1 aromatic rings. The maximum Gasteiger partial charge on any atom is 0.223 e. The van der Waals surface area contributed by atoms with Crippen LogP contribution >= 0.6 is 15.9 Å². The molecular weight excluding hydrogens is 256 g/mol. The predicted octanol–water partition coefficient (Wildman–Crippen LogP) is 1.71. The molecule has 0 bridgehead atoms. The van der Waals surface area contributed by atoms with Crippen molar-refractivity contribution in [2.45, 2.75) is 25.8 Å². The summed E-state index contributed by atoms with van der Waals surface area (Å²) in [6.45, 7) is 4.12. The molecule has 0 saturated carbocycles. The Labute approximate surface area is 98.0 Å². The van der Waals surface area contributed by atoms with Gasteiger partial charge in [-0.15, -0.1) is 0 Å². The molecule has 0 spiro atoms. The highest BCUT2D eigenvalue weighted by atomic mass is 79.9. The number of hydrogen-bond donors (Lipinski definition) is 2. The van der Waals surface area contributed by atoms with Crippen molar-refractivity contribution in [2.75, 3.05) is 18.4 Å². The SMILES string of the molecule is Cc1nc(NC2CCNCC2)ncc1Br.